The summed E-state index contributed by atoms with van der Waals surface area (Å²) in [7, 11) is 0. The van der Waals surface area contributed by atoms with Gasteiger partial charge in [0.15, 0.2) is 5.13 Å². The molecule has 16 heavy (non-hydrogen) atoms. The molecule has 0 radical (unpaired) electrons. The van der Waals surface area contributed by atoms with Crippen LogP contribution in [0.3, 0.4) is 0 Å². The Kier molecular flexibility index (Phi) is 2.29. The highest BCUT2D eigenvalue weighted by molar-refractivity contribution is 7.18. The van der Waals surface area contributed by atoms with Crippen molar-refractivity contribution < 1.29 is 4.92 Å². The Labute approximate surface area is 96.4 Å². The van der Waals surface area contributed by atoms with E-state index in [1.54, 1.807) is 0 Å². The number of fused-ring (bicyclic) bond motifs is 1. The maximum atomic E-state index is 10.6. The third kappa shape index (κ3) is 1.56. The Balaban J connectivity index is 1.76. The number of aromatic nitrogens is 1. The zero-order chi connectivity index (χ0) is 11.1. The number of thiazole rings is 1. The van der Waals surface area contributed by atoms with Crippen molar-refractivity contribution in [1.82, 2.24) is 10.3 Å². The summed E-state index contributed by atoms with van der Waals surface area (Å²) in [6, 6.07) is 0. The van der Waals surface area contributed by atoms with Crippen LogP contribution in [-0.2, 0) is 0 Å². The van der Waals surface area contributed by atoms with Crippen LogP contribution in [0, 0.1) is 22.0 Å². The fourth-order valence-electron chi connectivity index (χ4n) is 2.50. The van der Waals surface area contributed by atoms with Crippen molar-refractivity contribution in [3.63, 3.8) is 0 Å². The van der Waals surface area contributed by atoms with Crippen molar-refractivity contribution in [2.45, 2.75) is 0 Å². The molecule has 2 aliphatic heterocycles. The summed E-state index contributed by atoms with van der Waals surface area (Å²) in [6.07, 6.45) is 1.35. The monoisotopic (exact) mass is 240 g/mol. The first kappa shape index (κ1) is 9.98. The zero-order valence-corrected chi connectivity index (χ0v) is 9.44. The molecule has 0 saturated carbocycles. The molecular formula is C9H12N4O2S. The molecular weight excluding hydrogens is 228 g/mol. The topological polar surface area (TPSA) is 71.3 Å². The summed E-state index contributed by atoms with van der Waals surface area (Å²) in [5, 5.41) is 14.9. The van der Waals surface area contributed by atoms with Gasteiger partial charge in [0.05, 0.1) is 4.92 Å². The maximum Gasteiger partial charge on any atom is 0.345 e. The van der Waals surface area contributed by atoms with Crippen LogP contribution in [0.1, 0.15) is 0 Å². The van der Waals surface area contributed by atoms with Gasteiger partial charge in [0.25, 0.3) is 0 Å². The zero-order valence-electron chi connectivity index (χ0n) is 8.63. The standard InChI is InChI=1S/C9H12N4O2S/c14-13(15)8-3-11-9(16-8)12-4-6-1-10-2-7(6)5-12/h3,6-7,10H,1-2,4-5H2. The Morgan fingerprint density at radius 1 is 1.50 bits per heavy atom. The number of hydrogen-bond donors (Lipinski definition) is 1. The van der Waals surface area contributed by atoms with Crippen LogP contribution in [0.5, 0.6) is 0 Å². The summed E-state index contributed by atoms with van der Waals surface area (Å²) in [4.78, 5) is 16.5. The van der Waals surface area contributed by atoms with E-state index in [0.717, 1.165) is 31.3 Å². The lowest BCUT2D eigenvalue weighted by molar-refractivity contribution is -0.380. The van der Waals surface area contributed by atoms with Gasteiger partial charge in [0, 0.05) is 26.2 Å². The molecule has 6 nitrogen and oxygen atoms in total. The first-order valence-corrected chi connectivity index (χ1v) is 6.11. The van der Waals surface area contributed by atoms with E-state index in [0.29, 0.717) is 11.8 Å². The average Bonchev–Trinajstić information content (AvgIpc) is 2.91. The van der Waals surface area contributed by atoms with Gasteiger partial charge in [-0.2, -0.15) is 0 Å². The fourth-order valence-corrected chi connectivity index (χ4v) is 3.25. The molecule has 7 heteroatoms. The van der Waals surface area contributed by atoms with Gasteiger partial charge < -0.3 is 10.2 Å². The molecule has 2 unspecified atom stereocenters. The molecule has 86 valence electrons. The average molecular weight is 240 g/mol. The van der Waals surface area contributed by atoms with Crippen molar-refractivity contribution in [2.24, 2.45) is 11.8 Å². The molecule has 1 N–H and O–H groups in total. The second kappa shape index (κ2) is 3.67. The number of nitrogens with one attached hydrogen (secondary N) is 1. The summed E-state index contributed by atoms with van der Waals surface area (Å²) < 4.78 is 0. The first-order chi connectivity index (χ1) is 7.74. The van der Waals surface area contributed by atoms with Crippen LogP contribution in [0.25, 0.3) is 0 Å². The normalized spacial score (nSPS) is 28.4. The molecule has 0 bridgehead atoms. The van der Waals surface area contributed by atoms with Crippen LogP contribution in [0.15, 0.2) is 6.20 Å². The molecule has 2 saturated heterocycles. The second-order valence-electron chi connectivity index (χ2n) is 4.32. The lowest BCUT2D eigenvalue weighted by Crippen LogP contribution is -2.25. The van der Waals surface area contributed by atoms with Crippen molar-refractivity contribution in [1.29, 1.82) is 0 Å². The van der Waals surface area contributed by atoms with Crippen molar-refractivity contribution in [3.05, 3.63) is 16.3 Å². The SMILES string of the molecule is O=[N+]([O-])c1cnc(N2CC3CNCC3C2)s1. The summed E-state index contributed by atoms with van der Waals surface area (Å²) in [5.74, 6) is 1.37. The van der Waals surface area contributed by atoms with Crippen LogP contribution in [-0.4, -0.2) is 36.1 Å². The molecule has 3 heterocycles. The van der Waals surface area contributed by atoms with Crippen molar-refractivity contribution in [2.75, 3.05) is 31.1 Å². The van der Waals surface area contributed by atoms with Crippen molar-refractivity contribution in [3.8, 4) is 0 Å². The molecule has 2 aliphatic rings. The third-order valence-corrected chi connectivity index (χ3v) is 4.33. The van der Waals surface area contributed by atoms with E-state index in [2.05, 4.69) is 15.2 Å². The first-order valence-electron chi connectivity index (χ1n) is 5.30. The summed E-state index contributed by atoms with van der Waals surface area (Å²) in [5.41, 5.74) is 0. The van der Waals surface area contributed by atoms with Gasteiger partial charge in [-0.15, -0.1) is 0 Å². The number of hydrogen-bond acceptors (Lipinski definition) is 6. The minimum Gasteiger partial charge on any atom is -0.347 e. The maximum absolute atomic E-state index is 10.6. The van der Waals surface area contributed by atoms with E-state index in [4.69, 9.17) is 0 Å². The van der Waals surface area contributed by atoms with Gasteiger partial charge in [0.1, 0.15) is 6.20 Å². The van der Waals surface area contributed by atoms with E-state index >= 15 is 0 Å². The number of nitro groups is 1. The number of rotatable bonds is 2. The summed E-state index contributed by atoms with van der Waals surface area (Å²) in [6.45, 7) is 4.08. The molecule has 2 atom stereocenters. The van der Waals surface area contributed by atoms with Crippen molar-refractivity contribution >= 4 is 21.5 Å². The lowest BCUT2D eigenvalue weighted by atomic mass is 10.0. The van der Waals surface area contributed by atoms with Gasteiger partial charge in [-0.1, -0.05) is 0 Å². The minimum atomic E-state index is -0.375. The Morgan fingerprint density at radius 3 is 2.75 bits per heavy atom. The predicted molar refractivity (Wildman–Crippen MR) is 60.8 cm³/mol. The second-order valence-corrected chi connectivity index (χ2v) is 5.31. The molecule has 0 amide bonds. The van der Waals surface area contributed by atoms with Crippen LogP contribution in [0.2, 0.25) is 0 Å². The third-order valence-electron chi connectivity index (χ3n) is 3.32. The van der Waals surface area contributed by atoms with Gasteiger partial charge in [0.2, 0.25) is 0 Å². The van der Waals surface area contributed by atoms with E-state index in [1.165, 1.54) is 17.5 Å². The largest absolute Gasteiger partial charge is 0.347 e. The molecule has 0 aromatic carbocycles. The Hall–Kier alpha value is -1.21. The number of nitrogens with zero attached hydrogens (tertiary/aromatic N) is 3. The summed E-state index contributed by atoms with van der Waals surface area (Å²) >= 11 is 1.17. The Morgan fingerprint density at radius 2 is 2.19 bits per heavy atom. The molecule has 1 aromatic heterocycles. The fraction of sp³-hybridized carbons (Fsp3) is 0.667. The van der Waals surface area contributed by atoms with Gasteiger partial charge >= 0.3 is 5.00 Å². The van der Waals surface area contributed by atoms with Gasteiger partial charge in [-0.05, 0) is 23.2 Å². The highest BCUT2D eigenvalue weighted by Gasteiger charge is 2.37. The van der Waals surface area contributed by atoms with Crippen LogP contribution in [0.4, 0.5) is 10.1 Å². The van der Waals surface area contributed by atoms with E-state index < -0.39 is 0 Å². The molecule has 2 fully saturated rings. The minimum absolute atomic E-state index is 0.130. The van der Waals surface area contributed by atoms with Gasteiger partial charge in [-0.25, -0.2) is 4.98 Å². The predicted octanol–water partition coefficient (Wildman–Crippen LogP) is 0.707. The molecule has 0 aliphatic carbocycles. The molecule has 3 rings (SSSR count). The number of anilines is 1. The van der Waals surface area contributed by atoms with E-state index in [-0.39, 0.29) is 9.92 Å². The highest BCUT2D eigenvalue weighted by atomic mass is 32.1. The highest BCUT2D eigenvalue weighted by Crippen LogP contribution is 2.34. The van der Waals surface area contributed by atoms with Crippen LogP contribution >= 0.6 is 11.3 Å². The van der Waals surface area contributed by atoms with Gasteiger partial charge in [-0.3, -0.25) is 10.1 Å². The quantitative estimate of drug-likeness (QED) is 0.609. The molecule has 0 spiro atoms. The smallest absolute Gasteiger partial charge is 0.345 e. The Bertz CT molecular complexity index is 409. The van der Waals surface area contributed by atoms with E-state index in [1.807, 2.05) is 0 Å². The molecule has 1 aromatic rings. The van der Waals surface area contributed by atoms with E-state index in [9.17, 15) is 10.1 Å². The lowest BCUT2D eigenvalue weighted by Gasteiger charge is -2.14. The van der Waals surface area contributed by atoms with Crippen LogP contribution < -0.4 is 10.2 Å².